The number of hydrogen-bond acceptors (Lipinski definition) is 3. The van der Waals surface area contributed by atoms with Crippen molar-refractivity contribution in [1.82, 2.24) is 0 Å². The second-order valence-electron chi connectivity index (χ2n) is 3.58. The lowest BCUT2D eigenvalue weighted by Gasteiger charge is -2.17. The summed E-state index contributed by atoms with van der Waals surface area (Å²) in [4.78, 5) is 12.4. The summed E-state index contributed by atoms with van der Waals surface area (Å²) in [6.07, 6.45) is -4.82. The number of nitrogens with zero attached hydrogens (tertiary/aromatic N) is 1. The van der Waals surface area contributed by atoms with Crippen molar-refractivity contribution in [3.8, 4) is 0 Å². The molecule has 1 aliphatic rings. The first-order chi connectivity index (χ1) is 8.30. The normalized spacial score (nSPS) is 20.6. The minimum absolute atomic E-state index is 0.0307. The second kappa shape index (κ2) is 4.43. The van der Waals surface area contributed by atoms with E-state index in [1.807, 2.05) is 0 Å². The van der Waals surface area contributed by atoms with Gasteiger partial charge in [-0.15, -0.1) is 0 Å². The molecule has 98 valence electrons. The van der Waals surface area contributed by atoms with Crippen molar-refractivity contribution in [2.24, 2.45) is 0 Å². The molecular formula is C10H7F4NO2S. The maximum Gasteiger partial charge on any atom is 0.419 e. The molecule has 1 amide bonds. The molecule has 1 saturated heterocycles. The maximum atomic E-state index is 13.0. The zero-order valence-electron chi connectivity index (χ0n) is 8.74. The monoisotopic (exact) mass is 281 g/mol. The number of benzene rings is 1. The number of amides is 1. The molecule has 0 spiro atoms. The van der Waals surface area contributed by atoms with Gasteiger partial charge in [-0.2, -0.15) is 13.2 Å². The Labute approximate surface area is 103 Å². The third kappa shape index (κ3) is 2.30. The summed E-state index contributed by atoms with van der Waals surface area (Å²) in [5.74, 6) is -2.08. The van der Waals surface area contributed by atoms with Gasteiger partial charge >= 0.3 is 6.18 Å². The molecule has 1 fully saturated rings. The van der Waals surface area contributed by atoms with Crippen LogP contribution in [0.1, 0.15) is 5.56 Å². The van der Waals surface area contributed by atoms with Crippen LogP contribution >= 0.6 is 11.8 Å². The highest BCUT2D eigenvalue weighted by Gasteiger charge is 2.37. The van der Waals surface area contributed by atoms with Crippen LogP contribution in [0.5, 0.6) is 0 Å². The molecule has 8 heteroatoms. The molecule has 0 saturated carbocycles. The van der Waals surface area contributed by atoms with Crippen LogP contribution in [-0.2, 0) is 11.0 Å². The van der Waals surface area contributed by atoms with Crippen LogP contribution in [0.3, 0.4) is 0 Å². The Morgan fingerprint density at radius 1 is 1.39 bits per heavy atom. The fraction of sp³-hybridized carbons (Fsp3) is 0.300. The number of hydrogen-bond donors (Lipinski definition) is 1. The standard InChI is InChI=1S/C10H7F4NO2S/c11-7-2-1-5(3-6(7)10(12,13)14)15-4-18-9(17)8(15)16/h1-3,9,17H,4H2. The third-order valence-electron chi connectivity index (χ3n) is 2.41. The largest absolute Gasteiger partial charge is 0.419 e. The Morgan fingerprint density at radius 3 is 2.56 bits per heavy atom. The summed E-state index contributed by atoms with van der Waals surface area (Å²) in [5.41, 5.74) is -2.80. The highest BCUT2D eigenvalue weighted by molar-refractivity contribution is 8.01. The maximum absolute atomic E-state index is 13.0. The lowest BCUT2D eigenvalue weighted by atomic mass is 10.1. The molecule has 1 aromatic carbocycles. The summed E-state index contributed by atoms with van der Waals surface area (Å²) in [6.45, 7) is 0. The molecule has 3 nitrogen and oxygen atoms in total. The van der Waals surface area contributed by atoms with Gasteiger partial charge in [0.1, 0.15) is 5.82 Å². The van der Waals surface area contributed by atoms with E-state index in [1.165, 1.54) is 0 Å². The summed E-state index contributed by atoms with van der Waals surface area (Å²) >= 11 is 0.883. The van der Waals surface area contributed by atoms with Gasteiger partial charge in [-0.3, -0.25) is 9.69 Å². The van der Waals surface area contributed by atoms with E-state index in [0.29, 0.717) is 12.1 Å². The van der Waals surface area contributed by atoms with Crippen molar-refractivity contribution in [3.63, 3.8) is 0 Å². The molecule has 1 heterocycles. The lowest BCUT2D eigenvalue weighted by Crippen LogP contribution is -2.29. The first-order valence-electron chi connectivity index (χ1n) is 4.78. The van der Waals surface area contributed by atoms with Crippen LogP contribution in [-0.4, -0.2) is 22.3 Å². The molecule has 1 N–H and O–H groups in total. The summed E-state index contributed by atoms with van der Waals surface area (Å²) in [5, 5.41) is 9.19. The molecule has 1 unspecified atom stereocenters. The zero-order chi connectivity index (χ0) is 13.5. The van der Waals surface area contributed by atoms with E-state index in [9.17, 15) is 27.5 Å². The number of aliphatic hydroxyl groups excluding tert-OH is 1. The minimum Gasteiger partial charge on any atom is -0.373 e. The fourth-order valence-corrected chi connectivity index (χ4v) is 2.35. The number of carbonyl (C=O) groups is 1. The molecule has 18 heavy (non-hydrogen) atoms. The summed E-state index contributed by atoms with van der Waals surface area (Å²) in [7, 11) is 0. The summed E-state index contributed by atoms with van der Waals surface area (Å²) in [6, 6.07) is 2.29. The lowest BCUT2D eigenvalue weighted by molar-refractivity contribution is -0.140. The number of alkyl halides is 3. The molecule has 1 atom stereocenters. The molecule has 0 bridgehead atoms. The van der Waals surface area contributed by atoms with Crippen molar-refractivity contribution in [2.45, 2.75) is 11.6 Å². The SMILES string of the molecule is O=C1C(O)SCN1c1ccc(F)c(C(F)(F)F)c1. The van der Waals surface area contributed by atoms with Gasteiger partial charge in [0.25, 0.3) is 5.91 Å². The van der Waals surface area contributed by atoms with Crippen LogP contribution in [0.15, 0.2) is 18.2 Å². The van der Waals surface area contributed by atoms with E-state index in [-0.39, 0.29) is 11.6 Å². The molecule has 1 aliphatic heterocycles. The number of rotatable bonds is 1. The van der Waals surface area contributed by atoms with Crippen molar-refractivity contribution in [1.29, 1.82) is 0 Å². The predicted molar refractivity (Wildman–Crippen MR) is 57.4 cm³/mol. The first-order valence-corrected chi connectivity index (χ1v) is 5.83. The van der Waals surface area contributed by atoms with E-state index in [0.717, 1.165) is 22.7 Å². The van der Waals surface area contributed by atoms with Gasteiger partial charge in [-0.1, -0.05) is 11.8 Å². The molecule has 0 aromatic heterocycles. The predicted octanol–water partition coefficient (Wildman–Crippen LogP) is 2.20. The molecule has 1 aromatic rings. The third-order valence-corrected chi connectivity index (χ3v) is 3.33. The van der Waals surface area contributed by atoms with Crippen LogP contribution in [0.4, 0.5) is 23.2 Å². The van der Waals surface area contributed by atoms with Gasteiger partial charge in [0, 0.05) is 5.69 Å². The van der Waals surface area contributed by atoms with Gasteiger partial charge in [0.05, 0.1) is 11.4 Å². The van der Waals surface area contributed by atoms with Gasteiger partial charge in [-0.05, 0) is 18.2 Å². The molecular weight excluding hydrogens is 274 g/mol. The van der Waals surface area contributed by atoms with Crippen LogP contribution in [0, 0.1) is 5.82 Å². The molecule has 0 radical (unpaired) electrons. The van der Waals surface area contributed by atoms with Crippen LogP contribution in [0.25, 0.3) is 0 Å². The minimum atomic E-state index is -4.82. The van der Waals surface area contributed by atoms with Gasteiger partial charge in [0.2, 0.25) is 0 Å². The van der Waals surface area contributed by atoms with E-state index in [1.54, 1.807) is 0 Å². The Hall–Kier alpha value is -1.28. The molecule has 2 rings (SSSR count). The average molecular weight is 281 g/mol. The quantitative estimate of drug-likeness (QED) is 0.802. The number of aliphatic hydroxyl groups is 1. The number of carbonyl (C=O) groups excluding carboxylic acids is 1. The average Bonchev–Trinajstić information content (AvgIpc) is 2.59. The zero-order valence-corrected chi connectivity index (χ0v) is 9.56. The van der Waals surface area contributed by atoms with Crippen molar-refractivity contribution >= 4 is 23.4 Å². The highest BCUT2D eigenvalue weighted by Crippen LogP contribution is 2.35. The Kier molecular flexibility index (Phi) is 3.24. The van der Waals surface area contributed by atoms with Crippen molar-refractivity contribution in [2.75, 3.05) is 10.8 Å². The molecule has 0 aliphatic carbocycles. The van der Waals surface area contributed by atoms with Gasteiger partial charge in [0.15, 0.2) is 5.44 Å². The van der Waals surface area contributed by atoms with E-state index in [2.05, 4.69) is 0 Å². The Balaban J connectivity index is 2.39. The number of anilines is 1. The smallest absolute Gasteiger partial charge is 0.373 e. The van der Waals surface area contributed by atoms with E-state index < -0.39 is 28.9 Å². The van der Waals surface area contributed by atoms with E-state index >= 15 is 0 Å². The van der Waals surface area contributed by atoms with Crippen LogP contribution in [0.2, 0.25) is 0 Å². The Bertz CT molecular complexity index is 491. The number of thioether (sulfide) groups is 1. The summed E-state index contributed by atoms with van der Waals surface area (Å²) < 4.78 is 50.5. The van der Waals surface area contributed by atoms with Crippen LogP contribution < -0.4 is 4.90 Å². The van der Waals surface area contributed by atoms with Crippen molar-refractivity contribution in [3.05, 3.63) is 29.6 Å². The highest BCUT2D eigenvalue weighted by atomic mass is 32.2. The number of halogens is 4. The first kappa shape index (κ1) is 13.2. The van der Waals surface area contributed by atoms with Crippen molar-refractivity contribution < 1.29 is 27.5 Å². The second-order valence-corrected chi connectivity index (χ2v) is 4.61. The fourth-order valence-electron chi connectivity index (χ4n) is 1.51. The topological polar surface area (TPSA) is 40.5 Å². The Morgan fingerprint density at radius 2 is 2.06 bits per heavy atom. The van der Waals surface area contributed by atoms with Gasteiger partial charge < -0.3 is 5.11 Å². The van der Waals surface area contributed by atoms with E-state index in [4.69, 9.17) is 0 Å². The van der Waals surface area contributed by atoms with Gasteiger partial charge in [-0.25, -0.2) is 4.39 Å².